The summed E-state index contributed by atoms with van der Waals surface area (Å²) in [7, 11) is 2.01. The Kier molecular flexibility index (Phi) is 4.58. The molecular weight excluding hydrogens is 242 g/mol. The summed E-state index contributed by atoms with van der Waals surface area (Å²) in [5.74, 6) is 0. The van der Waals surface area contributed by atoms with Crippen molar-refractivity contribution in [3.8, 4) is 0 Å². The van der Waals surface area contributed by atoms with Crippen molar-refractivity contribution in [1.29, 1.82) is 0 Å². The second-order valence-corrected chi connectivity index (χ2v) is 4.59. The highest BCUT2D eigenvalue weighted by molar-refractivity contribution is 9.10. The van der Waals surface area contributed by atoms with Gasteiger partial charge in [0.05, 0.1) is 6.10 Å². The van der Waals surface area contributed by atoms with Gasteiger partial charge in [0, 0.05) is 17.6 Å². The first-order valence-corrected chi connectivity index (χ1v) is 5.48. The number of hydrogen-bond donors (Lipinski definition) is 1. The van der Waals surface area contributed by atoms with Gasteiger partial charge in [0.25, 0.3) is 0 Å². The average molecular weight is 258 g/mol. The second-order valence-electron chi connectivity index (χ2n) is 3.67. The van der Waals surface area contributed by atoms with Crippen LogP contribution in [0.15, 0.2) is 28.7 Å². The van der Waals surface area contributed by atoms with Gasteiger partial charge in [0.2, 0.25) is 0 Å². The number of benzene rings is 1. The normalized spacial score (nSPS) is 13.2. The zero-order chi connectivity index (χ0) is 10.6. The van der Waals surface area contributed by atoms with E-state index in [9.17, 15) is 5.11 Å². The Bertz CT molecular complexity index is 271. The molecule has 0 radical (unpaired) electrons. The molecule has 0 spiro atoms. The van der Waals surface area contributed by atoms with Gasteiger partial charge >= 0.3 is 0 Å². The lowest BCUT2D eigenvalue weighted by atomic mass is 10.2. The highest BCUT2D eigenvalue weighted by Gasteiger charge is 2.03. The minimum Gasteiger partial charge on any atom is -0.392 e. The van der Waals surface area contributed by atoms with Gasteiger partial charge < -0.3 is 5.11 Å². The maximum absolute atomic E-state index is 9.20. The number of aliphatic hydroxyl groups is 1. The van der Waals surface area contributed by atoms with E-state index >= 15 is 0 Å². The quantitative estimate of drug-likeness (QED) is 0.895. The zero-order valence-corrected chi connectivity index (χ0v) is 10.2. The predicted molar refractivity (Wildman–Crippen MR) is 62.2 cm³/mol. The van der Waals surface area contributed by atoms with E-state index in [1.165, 1.54) is 5.56 Å². The summed E-state index contributed by atoms with van der Waals surface area (Å²) >= 11 is 3.40. The average Bonchev–Trinajstić information content (AvgIpc) is 2.07. The van der Waals surface area contributed by atoms with Crippen LogP contribution in [0.5, 0.6) is 0 Å². The third-order valence-corrected chi connectivity index (χ3v) is 2.47. The van der Waals surface area contributed by atoms with Gasteiger partial charge in [-0.05, 0) is 31.7 Å². The Balaban J connectivity index is 2.47. The molecule has 0 saturated carbocycles. The van der Waals surface area contributed by atoms with E-state index in [1.807, 2.05) is 19.2 Å². The van der Waals surface area contributed by atoms with Crippen molar-refractivity contribution in [1.82, 2.24) is 4.90 Å². The fourth-order valence-electron chi connectivity index (χ4n) is 1.42. The molecule has 1 aromatic carbocycles. The lowest BCUT2D eigenvalue weighted by molar-refractivity contribution is 0.138. The Hall–Kier alpha value is -0.380. The SMILES string of the molecule is C[C@@H](O)CN(C)Cc1ccc(Br)cc1. The van der Waals surface area contributed by atoms with E-state index in [0.29, 0.717) is 6.54 Å². The molecule has 0 aliphatic carbocycles. The molecule has 0 aliphatic heterocycles. The van der Waals surface area contributed by atoms with Crippen LogP contribution in [0.1, 0.15) is 12.5 Å². The highest BCUT2D eigenvalue weighted by atomic mass is 79.9. The van der Waals surface area contributed by atoms with Gasteiger partial charge in [-0.1, -0.05) is 28.1 Å². The number of halogens is 1. The molecule has 1 atom stereocenters. The second kappa shape index (κ2) is 5.49. The fourth-order valence-corrected chi connectivity index (χ4v) is 1.68. The van der Waals surface area contributed by atoms with Crippen LogP contribution in [0, 0.1) is 0 Å². The summed E-state index contributed by atoms with van der Waals surface area (Å²) in [6, 6.07) is 8.24. The molecule has 0 saturated heterocycles. The summed E-state index contributed by atoms with van der Waals surface area (Å²) in [4.78, 5) is 2.11. The molecule has 2 nitrogen and oxygen atoms in total. The van der Waals surface area contributed by atoms with Crippen molar-refractivity contribution in [2.75, 3.05) is 13.6 Å². The molecule has 0 aromatic heterocycles. The molecule has 1 N–H and O–H groups in total. The number of rotatable bonds is 4. The molecule has 0 bridgehead atoms. The summed E-state index contributed by atoms with van der Waals surface area (Å²) in [6.07, 6.45) is -0.268. The monoisotopic (exact) mass is 257 g/mol. The molecule has 0 aliphatic rings. The fraction of sp³-hybridized carbons (Fsp3) is 0.455. The largest absolute Gasteiger partial charge is 0.392 e. The third-order valence-electron chi connectivity index (χ3n) is 1.94. The number of aliphatic hydroxyl groups excluding tert-OH is 1. The maximum atomic E-state index is 9.20. The number of likely N-dealkylation sites (N-methyl/N-ethyl adjacent to an activating group) is 1. The van der Waals surface area contributed by atoms with Gasteiger partial charge in [0.15, 0.2) is 0 Å². The van der Waals surface area contributed by atoms with Crippen LogP contribution in [0.3, 0.4) is 0 Å². The topological polar surface area (TPSA) is 23.5 Å². The standard InChI is InChI=1S/C11H16BrNO/c1-9(14)7-13(2)8-10-3-5-11(12)6-4-10/h3-6,9,14H,7-8H2,1-2H3/t9-/m1/s1. The van der Waals surface area contributed by atoms with Crippen molar-refractivity contribution in [3.63, 3.8) is 0 Å². The lowest BCUT2D eigenvalue weighted by Gasteiger charge is -2.18. The van der Waals surface area contributed by atoms with E-state index in [0.717, 1.165) is 11.0 Å². The first-order valence-electron chi connectivity index (χ1n) is 4.69. The lowest BCUT2D eigenvalue weighted by Crippen LogP contribution is -2.26. The summed E-state index contributed by atoms with van der Waals surface area (Å²) in [5.41, 5.74) is 1.26. The molecule has 1 aromatic rings. The summed E-state index contributed by atoms with van der Waals surface area (Å²) < 4.78 is 1.10. The first kappa shape index (κ1) is 11.7. The molecule has 0 heterocycles. The van der Waals surface area contributed by atoms with Crippen LogP contribution in [0.2, 0.25) is 0 Å². The van der Waals surface area contributed by atoms with E-state index in [4.69, 9.17) is 0 Å². The number of nitrogens with zero attached hydrogens (tertiary/aromatic N) is 1. The minimum absolute atomic E-state index is 0.268. The van der Waals surface area contributed by atoms with Gasteiger partial charge in [-0.25, -0.2) is 0 Å². The van der Waals surface area contributed by atoms with Crippen LogP contribution in [-0.4, -0.2) is 29.7 Å². The molecule has 0 fully saturated rings. The van der Waals surface area contributed by atoms with Gasteiger partial charge in [0.1, 0.15) is 0 Å². The smallest absolute Gasteiger partial charge is 0.0639 e. The molecule has 14 heavy (non-hydrogen) atoms. The zero-order valence-electron chi connectivity index (χ0n) is 8.57. The summed E-state index contributed by atoms with van der Waals surface area (Å²) in [5, 5.41) is 9.20. The number of hydrogen-bond acceptors (Lipinski definition) is 2. The van der Waals surface area contributed by atoms with Crippen molar-refractivity contribution in [2.45, 2.75) is 19.6 Å². The maximum Gasteiger partial charge on any atom is 0.0639 e. The Morgan fingerprint density at radius 3 is 2.43 bits per heavy atom. The molecule has 1 rings (SSSR count). The Morgan fingerprint density at radius 2 is 1.93 bits per heavy atom. The molecule has 0 amide bonds. The first-order chi connectivity index (χ1) is 6.58. The molecule has 78 valence electrons. The van der Waals surface area contributed by atoms with Crippen LogP contribution < -0.4 is 0 Å². The van der Waals surface area contributed by atoms with Crippen molar-refractivity contribution >= 4 is 15.9 Å². The minimum atomic E-state index is -0.268. The van der Waals surface area contributed by atoms with Gasteiger partial charge in [-0.2, -0.15) is 0 Å². The summed E-state index contributed by atoms with van der Waals surface area (Å²) in [6.45, 7) is 3.38. The molecule has 0 unspecified atom stereocenters. The van der Waals surface area contributed by atoms with Crippen LogP contribution in [0.4, 0.5) is 0 Å². The van der Waals surface area contributed by atoms with Gasteiger partial charge in [-0.3, -0.25) is 4.90 Å². The van der Waals surface area contributed by atoms with E-state index in [1.54, 1.807) is 6.92 Å². The van der Waals surface area contributed by atoms with E-state index in [2.05, 4.69) is 33.0 Å². The van der Waals surface area contributed by atoms with Crippen molar-refractivity contribution in [3.05, 3.63) is 34.3 Å². The highest BCUT2D eigenvalue weighted by Crippen LogP contribution is 2.11. The third kappa shape index (κ3) is 4.22. The molecule has 3 heteroatoms. The van der Waals surface area contributed by atoms with Crippen molar-refractivity contribution in [2.24, 2.45) is 0 Å². The van der Waals surface area contributed by atoms with E-state index < -0.39 is 0 Å². The van der Waals surface area contributed by atoms with Crippen molar-refractivity contribution < 1.29 is 5.11 Å². The molecular formula is C11H16BrNO. The Morgan fingerprint density at radius 1 is 1.36 bits per heavy atom. The van der Waals surface area contributed by atoms with Crippen LogP contribution in [0.25, 0.3) is 0 Å². The van der Waals surface area contributed by atoms with Crippen LogP contribution in [-0.2, 0) is 6.54 Å². The van der Waals surface area contributed by atoms with E-state index in [-0.39, 0.29) is 6.10 Å². The van der Waals surface area contributed by atoms with Gasteiger partial charge in [-0.15, -0.1) is 0 Å². The van der Waals surface area contributed by atoms with Crippen LogP contribution >= 0.6 is 15.9 Å². The predicted octanol–water partition coefficient (Wildman–Crippen LogP) is 2.26. The Labute approximate surface area is 93.7 Å².